The molecule has 4 rings (SSSR count). The Morgan fingerprint density at radius 2 is 1.66 bits per heavy atom. The number of piperidine rings is 1. The molecule has 1 unspecified atom stereocenters. The lowest BCUT2D eigenvalue weighted by Gasteiger charge is -2.32. The first-order valence-electron chi connectivity index (χ1n) is 10.7. The van der Waals surface area contributed by atoms with Crippen molar-refractivity contribution >= 4 is 50.5 Å². The number of carbonyl (C=O) groups excluding carboxylic acids is 2. The molecular formula is C23H26ClN3O4S. The quantitative estimate of drug-likeness (QED) is 0.718. The van der Waals surface area contributed by atoms with Crippen LogP contribution in [0.5, 0.6) is 0 Å². The smallest absolute Gasteiger partial charge is 0.257 e. The molecule has 1 N–H and O–H groups in total. The number of halogens is 1. The number of hydrogen-bond acceptors (Lipinski definition) is 5. The summed E-state index contributed by atoms with van der Waals surface area (Å²) >= 11 is 6.28. The third kappa shape index (κ3) is 4.47. The second kappa shape index (κ2) is 8.75. The average Bonchev–Trinajstić information content (AvgIpc) is 2.95. The molecule has 0 aliphatic carbocycles. The van der Waals surface area contributed by atoms with Gasteiger partial charge in [-0.1, -0.05) is 25.4 Å². The van der Waals surface area contributed by atoms with Crippen LogP contribution in [-0.4, -0.2) is 39.1 Å². The van der Waals surface area contributed by atoms with Gasteiger partial charge in [0.1, 0.15) is 0 Å². The van der Waals surface area contributed by atoms with E-state index in [-0.39, 0.29) is 22.0 Å². The van der Waals surface area contributed by atoms with Crippen LogP contribution in [0.3, 0.4) is 0 Å². The molecule has 0 spiro atoms. The van der Waals surface area contributed by atoms with Crippen LogP contribution < -0.4 is 14.5 Å². The van der Waals surface area contributed by atoms with Gasteiger partial charge in [0.05, 0.1) is 27.9 Å². The number of carbonyl (C=O) groups is 2. The van der Waals surface area contributed by atoms with E-state index in [2.05, 4.69) is 17.1 Å². The fraction of sp³-hybridized carbons (Fsp3) is 0.391. The summed E-state index contributed by atoms with van der Waals surface area (Å²) in [5.41, 5.74) is 2.10. The lowest BCUT2D eigenvalue weighted by molar-refractivity contribution is -0.119. The summed E-state index contributed by atoms with van der Waals surface area (Å²) in [5, 5.41) is 2.89. The molecule has 2 aliphatic rings. The second-order valence-corrected chi connectivity index (χ2v) is 10.9. The van der Waals surface area contributed by atoms with Gasteiger partial charge in [0.2, 0.25) is 15.9 Å². The lowest BCUT2D eigenvalue weighted by Crippen LogP contribution is -2.32. The topological polar surface area (TPSA) is 86.8 Å². The Balaban J connectivity index is 1.46. The Hall–Kier alpha value is -2.58. The van der Waals surface area contributed by atoms with Crippen molar-refractivity contribution in [1.82, 2.24) is 0 Å². The van der Waals surface area contributed by atoms with Crippen molar-refractivity contribution in [2.24, 2.45) is 11.8 Å². The summed E-state index contributed by atoms with van der Waals surface area (Å²) in [6, 6.07) is 11.9. The zero-order chi connectivity index (χ0) is 23.0. The number of anilines is 3. The van der Waals surface area contributed by atoms with Crippen LogP contribution in [-0.2, 0) is 14.8 Å². The maximum Gasteiger partial charge on any atom is 0.257 e. The predicted octanol–water partition coefficient (Wildman–Crippen LogP) is 4.14. The normalized spacial score (nSPS) is 21.1. The number of amides is 2. The molecule has 2 amide bonds. The van der Waals surface area contributed by atoms with Crippen molar-refractivity contribution in [2.75, 3.05) is 33.4 Å². The molecule has 2 heterocycles. The van der Waals surface area contributed by atoms with Gasteiger partial charge in [-0.3, -0.25) is 9.59 Å². The van der Waals surface area contributed by atoms with E-state index < -0.39 is 27.8 Å². The maximum atomic E-state index is 12.7. The lowest BCUT2D eigenvalue weighted by atomic mass is 9.99. The molecule has 0 aromatic heterocycles. The molecule has 2 aliphatic heterocycles. The number of sulfonamides is 1. The highest BCUT2D eigenvalue weighted by molar-refractivity contribution is 7.94. The molecule has 170 valence electrons. The van der Waals surface area contributed by atoms with Gasteiger partial charge in [-0.15, -0.1) is 0 Å². The van der Waals surface area contributed by atoms with Crippen molar-refractivity contribution in [1.29, 1.82) is 0 Å². The first kappa shape index (κ1) is 22.6. The Bertz CT molecular complexity index is 1140. The van der Waals surface area contributed by atoms with Crippen LogP contribution in [0.15, 0.2) is 42.5 Å². The number of rotatable bonds is 4. The van der Waals surface area contributed by atoms with Gasteiger partial charge in [-0.2, -0.15) is 0 Å². The van der Waals surface area contributed by atoms with Crippen molar-refractivity contribution in [3.05, 3.63) is 53.1 Å². The highest BCUT2D eigenvalue weighted by atomic mass is 35.5. The van der Waals surface area contributed by atoms with Gasteiger partial charge in [0.15, 0.2) is 0 Å². The monoisotopic (exact) mass is 475 g/mol. The summed E-state index contributed by atoms with van der Waals surface area (Å²) < 4.78 is 25.4. The molecule has 2 saturated heterocycles. The summed E-state index contributed by atoms with van der Waals surface area (Å²) in [4.78, 5) is 27.3. The van der Waals surface area contributed by atoms with Crippen molar-refractivity contribution in [2.45, 2.75) is 26.7 Å². The zero-order valence-corrected chi connectivity index (χ0v) is 19.6. The highest BCUT2D eigenvalue weighted by Gasteiger charge is 2.42. The average molecular weight is 476 g/mol. The second-order valence-electron chi connectivity index (χ2n) is 8.62. The largest absolute Gasteiger partial charge is 0.372 e. The van der Waals surface area contributed by atoms with Crippen molar-refractivity contribution in [3.8, 4) is 0 Å². The molecular weight excluding hydrogens is 450 g/mol. The first-order valence-corrected chi connectivity index (χ1v) is 12.7. The Morgan fingerprint density at radius 1 is 1.03 bits per heavy atom. The van der Waals surface area contributed by atoms with Crippen LogP contribution in [0.25, 0.3) is 0 Å². The van der Waals surface area contributed by atoms with Gasteiger partial charge in [-0.25, -0.2) is 12.7 Å². The molecule has 7 nitrogen and oxygen atoms in total. The van der Waals surface area contributed by atoms with Gasteiger partial charge < -0.3 is 10.2 Å². The van der Waals surface area contributed by atoms with E-state index in [0.717, 1.165) is 29.0 Å². The van der Waals surface area contributed by atoms with E-state index in [4.69, 9.17) is 11.6 Å². The highest BCUT2D eigenvalue weighted by Crippen LogP contribution is 2.32. The predicted molar refractivity (Wildman–Crippen MR) is 127 cm³/mol. The fourth-order valence-corrected chi connectivity index (χ4v) is 6.20. The van der Waals surface area contributed by atoms with Crippen LogP contribution in [0, 0.1) is 11.8 Å². The molecule has 32 heavy (non-hydrogen) atoms. The van der Waals surface area contributed by atoms with E-state index in [0.29, 0.717) is 5.69 Å². The molecule has 0 radical (unpaired) electrons. The van der Waals surface area contributed by atoms with E-state index in [1.165, 1.54) is 31.0 Å². The van der Waals surface area contributed by atoms with Crippen LogP contribution in [0.2, 0.25) is 5.02 Å². The number of nitrogens with zero attached hydrogens (tertiary/aromatic N) is 2. The summed E-state index contributed by atoms with van der Waals surface area (Å²) in [6.45, 7) is 5.90. The molecule has 2 aromatic carbocycles. The van der Waals surface area contributed by atoms with E-state index in [1.807, 2.05) is 24.3 Å². The summed E-state index contributed by atoms with van der Waals surface area (Å²) in [5.74, 6) is -1.00. The number of benzene rings is 2. The number of nitrogens with one attached hydrogen (secondary N) is 1. The molecule has 2 fully saturated rings. The molecule has 0 bridgehead atoms. The third-order valence-electron chi connectivity index (χ3n) is 6.07. The maximum absolute atomic E-state index is 12.7. The fourth-order valence-electron chi connectivity index (χ4n) is 4.12. The van der Waals surface area contributed by atoms with Crippen LogP contribution >= 0.6 is 11.6 Å². The zero-order valence-electron chi connectivity index (χ0n) is 18.0. The Kier molecular flexibility index (Phi) is 6.18. The molecule has 9 heteroatoms. The molecule has 1 atom stereocenters. The molecule has 0 saturated carbocycles. The van der Waals surface area contributed by atoms with Crippen molar-refractivity contribution in [3.63, 3.8) is 0 Å². The Labute approximate surface area is 193 Å². The van der Waals surface area contributed by atoms with Crippen LogP contribution in [0.4, 0.5) is 17.1 Å². The third-order valence-corrected chi connectivity index (χ3v) is 8.25. The van der Waals surface area contributed by atoms with Gasteiger partial charge >= 0.3 is 0 Å². The van der Waals surface area contributed by atoms with E-state index in [9.17, 15) is 18.0 Å². The minimum Gasteiger partial charge on any atom is -0.372 e. The first-order chi connectivity index (χ1) is 15.2. The minimum absolute atomic E-state index is 0.0709. The van der Waals surface area contributed by atoms with Gasteiger partial charge in [0.25, 0.3) is 5.91 Å². The minimum atomic E-state index is -3.73. The molecule has 2 aromatic rings. The SMILES string of the molecule is CC1CCN(c2ccc(NC(=O)c3ccc(N4C(=O)C(C)CS4(=O)=O)cc3Cl)cc2)CC1. The van der Waals surface area contributed by atoms with Gasteiger partial charge in [0, 0.05) is 24.5 Å². The van der Waals surface area contributed by atoms with E-state index >= 15 is 0 Å². The summed E-state index contributed by atoms with van der Waals surface area (Å²) in [6.07, 6.45) is 2.35. The van der Waals surface area contributed by atoms with Gasteiger partial charge in [-0.05, 0) is 61.2 Å². The number of hydrogen-bond donors (Lipinski definition) is 1. The van der Waals surface area contributed by atoms with E-state index in [1.54, 1.807) is 6.92 Å². The Morgan fingerprint density at radius 3 is 2.22 bits per heavy atom. The summed E-state index contributed by atoms with van der Waals surface area (Å²) in [7, 11) is -3.73. The van der Waals surface area contributed by atoms with Crippen molar-refractivity contribution < 1.29 is 18.0 Å². The standard InChI is InChI=1S/C23H26ClN3O4S/c1-15-9-11-26(12-10-15)18-5-3-17(4-6-18)25-22(28)20-8-7-19(13-21(20)24)27-23(29)16(2)14-32(27,30)31/h3-8,13,15-16H,9-12,14H2,1-2H3,(H,25,28). The van der Waals surface area contributed by atoms with Crippen LogP contribution in [0.1, 0.15) is 37.0 Å².